The third kappa shape index (κ3) is 13.4. The molecule has 2 aromatic carbocycles. The van der Waals surface area contributed by atoms with Crippen molar-refractivity contribution in [2.45, 2.75) is 190 Å². The Balaban J connectivity index is 3.01. The van der Waals surface area contributed by atoms with Gasteiger partial charge in [0.1, 0.15) is 0 Å². The highest BCUT2D eigenvalue weighted by molar-refractivity contribution is 5.88. The lowest BCUT2D eigenvalue weighted by Crippen LogP contribution is -2.07. The van der Waals surface area contributed by atoms with E-state index in [4.69, 9.17) is 0 Å². The number of allylic oxidation sites excluding steroid dienone is 2. The predicted octanol–water partition coefficient (Wildman–Crippen LogP) is 14.0. The Morgan fingerprint density at radius 3 is 1.47 bits per heavy atom. The molecule has 2 aromatic rings. The molecular formula is C45H70N2. The fourth-order valence-corrected chi connectivity index (χ4v) is 7.09. The van der Waals surface area contributed by atoms with Crippen molar-refractivity contribution in [2.75, 3.05) is 0 Å². The molecule has 0 radical (unpaired) electrons. The molecule has 0 aliphatic carbocycles. The summed E-state index contributed by atoms with van der Waals surface area (Å²) in [5.41, 5.74) is 25.1. The Hall–Kier alpha value is -2.66. The quantitative estimate of drug-likeness (QED) is 0.0361. The van der Waals surface area contributed by atoms with Gasteiger partial charge in [0.25, 0.3) is 0 Å². The van der Waals surface area contributed by atoms with Crippen LogP contribution in [0.3, 0.4) is 0 Å². The normalized spacial score (nSPS) is 11.7. The number of hydrogen-bond acceptors (Lipinski definition) is 0. The van der Waals surface area contributed by atoms with Gasteiger partial charge in [-0.1, -0.05) is 130 Å². The van der Waals surface area contributed by atoms with Crippen LogP contribution in [0.25, 0.3) is 11.1 Å². The number of nitrogens with zero attached hydrogens (tertiary/aromatic N) is 2. The molecule has 260 valence electrons. The highest BCUT2D eigenvalue weighted by Crippen LogP contribution is 2.38. The second-order valence-corrected chi connectivity index (χ2v) is 14.2. The summed E-state index contributed by atoms with van der Waals surface area (Å²) in [6, 6.07) is 10.0. The average Bonchev–Trinajstić information content (AvgIpc) is 3.06. The summed E-state index contributed by atoms with van der Waals surface area (Å²) in [4.78, 5) is 3.53. The summed E-state index contributed by atoms with van der Waals surface area (Å²) in [6.45, 7) is 18.2. The van der Waals surface area contributed by atoms with E-state index in [1.165, 1.54) is 135 Å². The van der Waals surface area contributed by atoms with Crippen molar-refractivity contribution in [1.29, 1.82) is 0 Å². The van der Waals surface area contributed by atoms with Crippen molar-refractivity contribution in [3.05, 3.63) is 85.5 Å². The third-order valence-electron chi connectivity index (χ3n) is 10.2. The molecule has 0 fully saturated rings. The molecule has 0 heterocycles. The SMILES string of the molecule is CCCCCCc1cc(C(=C(CCCC)C(=C=[N+]=[N-])CCCC)c2cc(C)c(C)c(C)c2)cc(CCCCCC)c1CCCCCC. The maximum atomic E-state index is 9.86. The largest absolute Gasteiger partial charge is 0.348 e. The average molecular weight is 639 g/mol. The standard InChI is InChI=1S/C45H70N2/c1-9-14-19-22-26-38-32-42(33-39(27-23-20-15-10-2)43(38)29-24-21-16-11-3)45(41-30-35(6)37(8)36(7)31-41)44(28-18-13-5)40(34-47-46)25-17-12-4/h30-33H,9-29H2,1-8H3. The zero-order chi connectivity index (χ0) is 34.4. The van der Waals surface area contributed by atoms with Crippen LogP contribution in [0.2, 0.25) is 0 Å². The molecule has 0 bridgehead atoms. The summed E-state index contributed by atoms with van der Waals surface area (Å²) >= 11 is 0. The molecule has 2 nitrogen and oxygen atoms in total. The van der Waals surface area contributed by atoms with Gasteiger partial charge in [0, 0.05) is 0 Å². The highest BCUT2D eigenvalue weighted by atomic mass is 14.8. The Morgan fingerprint density at radius 1 is 0.553 bits per heavy atom. The van der Waals surface area contributed by atoms with E-state index in [0.717, 1.165) is 44.1 Å². The van der Waals surface area contributed by atoms with Gasteiger partial charge in [-0.05, 0) is 141 Å². The van der Waals surface area contributed by atoms with Gasteiger partial charge in [0.05, 0.1) is 5.57 Å². The summed E-state index contributed by atoms with van der Waals surface area (Å²) in [5.74, 6) is 3.10. The molecule has 47 heavy (non-hydrogen) atoms. The van der Waals surface area contributed by atoms with Crippen LogP contribution in [0.5, 0.6) is 0 Å². The van der Waals surface area contributed by atoms with Crippen LogP contribution >= 0.6 is 0 Å². The van der Waals surface area contributed by atoms with E-state index < -0.39 is 0 Å². The number of hydrogen-bond donors (Lipinski definition) is 0. The first kappa shape index (κ1) is 40.5. The van der Waals surface area contributed by atoms with Crippen LogP contribution in [0.4, 0.5) is 0 Å². The predicted molar refractivity (Wildman–Crippen MR) is 208 cm³/mol. The number of aryl methyl sites for hydroxylation is 4. The smallest absolute Gasteiger partial charge is 0.303 e. The van der Waals surface area contributed by atoms with Crippen LogP contribution in [-0.2, 0) is 19.3 Å². The molecule has 0 N–H and O–H groups in total. The first-order valence-corrected chi connectivity index (χ1v) is 19.8. The number of benzene rings is 2. The molecule has 0 saturated heterocycles. The van der Waals surface area contributed by atoms with Gasteiger partial charge in [-0.15, -0.1) is 4.79 Å². The van der Waals surface area contributed by atoms with Gasteiger partial charge in [0.2, 0.25) is 0 Å². The summed E-state index contributed by atoms with van der Waals surface area (Å²) in [6.07, 6.45) is 25.3. The lowest BCUT2D eigenvalue weighted by atomic mass is 9.81. The molecule has 0 aromatic heterocycles. The van der Waals surface area contributed by atoms with Crippen LogP contribution in [0, 0.1) is 20.8 Å². The van der Waals surface area contributed by atoms with Crippen molar-refractivity contribution >= 4 is 11.4 Å². The summed E-state index contributed by atoms with van der Waals surface area (Å²) in [5, 5.41) is 0. The van der Waals surface area contributed by atoms with E-state index >= 15 is 0 Å². The molecule has 0 unspecified atom stereocenters. The Labute approximate surface area is 291 Å². The van der Waals surface area contributed by atoms with E-state index in [9.17, 15) is 5.53 Å². The lowest BCUT2D eigenvalue weighted by molar-refractivity contribution is 0.00739. The van der Waals surface area contributed by atoms with Crippen LogP contribution < -0.4 is 0 Å². The van der Waals surface area contributed by atoms with Crippen molar-refractivity contribution in [3.63, 3.8) is 0 Å². The molecule has 0 atom stereocenters. The third-order valence-corrected chi connectivity index (χ3v) is 10.2. The van der Waals surface area contributed by atoms with E-state index in [2.05, 4.69) is 90.3 Å². The lowest BCUT2D eigenvalue weighted by Gasteiger charge is -2.23. The first-order chi connectivity index (χ1) is 22.9. The van der Waals surface area contributed by atoms with Crippen LogP contribution in [-0.4, -0.2) is 10.7 Å². The maximum absolute atomic E-state index is 9.86. The molecule has 0 spiro atoms. The van der Waals surface area contributed by atoms with E-state index in [1.54, 1.807) is 16.7 Å². The van der Waals surface area contributed by atoms with Crippen molar-refractivity contribution in [3.8, 4) is 0 Å². The monoisotopic (exact) mass is 639 g/mol. The molecule has 0 aliphatic heterocycles. The Kier molecular flexibility index (Phi) is 20.4. The summed E-state index contributed by atoms with van der Waals surface area (Å²) in [7, 11) is 0. The van der Waals surface area contributed by atoms with Crippen LogP contribution in [0.1, 0.15) is 195 Å². The Morgan fingerprint density at radius 2 is 1.00 bits per heavy atom. The van der Waals surface area contributed by atoms with Gasteiger partial charge >= 0.3 is 5.87 Å². The zero-order valence-corrected chi connectivity index (χ0v) is 32.1. The minimum Gasteiger partial charge on any atom is -0.348 e. The van der Waals surface area contributed by atoms with E-state index in [1.807, 2.05) is 0 Å². The Bertz CT molecular complexity index is 1270. The topological polar surface area (TPSA) is 36.4 Å². The van der Waals surface area contributed by atoms with Crippen molar-refractivity contribution < 1.29 is 4.79 Å². The minimum atomic E-state index is 0.885. The van der Waals surface area contributed by atoms with Gasteiger partial charge in [-0.25, -0.2) is 0 Å². The molecule has 0 amide bonds. The van der Waals surface area contributed by atoms with Gasteiger partial charge in [-0.3, -0.25) is 0 Å². The molecule has 2 rings (SSSR count). The van der Waals surface area contributed by atoms with Crippen molar-refractivity contribution in [1.82, 2.24) is 0 Å². The second-order valence-electron chi connectivity index (χ2n) is 14.2. The number of unbranched alkanes of at least 4 members (excludes halogenated alkanes) is 11. The van der Waals surface area contributed by atoms with E-state index in [0.29, 0.717) is 0 Å². The van der Waals surface area contributed by atoms with Gasteiger partial charge < -0.3 is 5.53 Å². The van der Waals surface area contributed by atoms with Gasteiger partial charge in [0.15, 0.2) is 0 Å². The second kappa shape index (κ2) is 23.6. The van der Waals surface area contributed by atoms with Crippen LogP contribution in [0.15, 0.2) is 35.4 Å². The first-order valence-electron chi connectivity index (χ1n) is 19.8. The number of rotatable bonds is 24. The van der Waals surface area contributed by atoms with E-state index in [-0.39, 0.29) is 0 Å². The maximum Gasteiger partial charge on any atom is 0.303 e. The fraction of sp³-hybridized carbons (Fsp3) is 0.644. The fourth-order valence-electron chi connectivity index (χ4n) is 7.09. The molecule has 2 heteroatoms. The van der Waals surface area contributed by atoms with Gasteiger partial charge in [-0.2, -0.15) is 0 Å². The van der Waals surface area contributed by atoms with Crippen molar-refractivity contribution in [2.24, 2.45) is 0 Å². The molecular weight excluding hydrogens is 569 g/mol. The zero-order valence-electron chi connectivity index (χ0n) is 32.1. The summed E-state index contributed by atoms with van der Waals surface area (Å²) < 4.78 is 0. The minimum absolute atomic E-state index is 0.885. The highest BCUT2D eigenvalue weighted by Gasteiger charge is 2.21. The molecule has 0 aliphatic rings. The molecule has 0 saturated carbocycles.